The quantitative estimate of drug-likeness (QED) is 0.441. The number of nitrogens with zero attached hydrogens (tertiary/aromatic N) is 1. The van der Waals surface area contributed by atoms with Crippen molar-refractivity contribution in [3.8, 4) is 0 Å². The normalized spacial score (nSPS) is 12.0. The van der Waals surface area contributed by atoms with Crippen molar-refractivity contribution in [1.29, 1.82) is 0 Å². The molecule has 0 bridgehead atoms. The minimum absolute atomic E-state index is 0.0714. The summed E-state index contributed by atoms with van der Waals surface area (Å²) in [4.78, 5) is 28.0. The van der Waals surface area contributed by atoms with E-state index in [4.69, 9.17) is 4.74 Å². The van der Waals surface area contributed by atoms with Gasteiger partial charge in [-0.3, -0.25) is 9.59 Å². The molecule has 0 aliphatic heterocycles. The molecular weight excluding hydrogens is 286 g/mol. The summed E-state index contributed by atoms with van der Waals surface area (Å²) in [6.45, 7) is 7.12. The first kappa shape index (κ1) is 20.4. The highest BCUT2D eigenvalue weighted by Crippen LogP contribution is 2.19. The first-order valence-electron chi connectivity index (χ1n) is 7.39. The molecule has 0 heterocycles. The second kappa shape index (κ2) is 11.0. The molecule has 0 aromatic rings. The zero-order valence-electron chi connectivity index (χ0n) is 14.3. The molecule has 0 saturated carbocycles. The lowest BCUT2D eigenvalue weighted by Crippen LogP contribution is -2.34. The van der Waals surface area contributed by atoms with Crippen molar-refractivity contribution < 1.29 is 19.2 Å². The molecular formula is C15H29N3O4. The van der Waals surface area contributed by atoms with Crippen molar-refractivity contribution in [2.75, 3.05) is 33.9 Å². The van der Waals surface area contributed by atoms with Crippen LogP contribution in [-0.2, 0) is 19.2 Å². The molecule has 0 rings (SSSR count). The summed E-state index contributed by atoms with van der Waals surface area (Å²) >= 11 is 0. The van der Waals surface area contributed by atoms with Gasteiger partial charge in [0.15, 0.2) is 0 Å². The van der Waals surface area contributed by atoms with Gasteiger partial charge >= 0.3 is 0 Å². The van der Waals surface area contributed by atoms with Crippen LogP contribution in [0.1, 0.15) is 40.0 Å². The van der Waals surface area contributed by atoms with Crippen LogP contribution in [0.4, 0.5) is 0 Å². The Morgan fingerprint density at radius 3 is 2.23 bits per heavy atom. The Balaban J connectivity index is 3.80. The van der Waals surface area contributed by atoms with E-state index in [0.717, 1.165) is 5.71 Å². The van der Waals surface area contributed by atoms with Crippen molar-refractivity contribution in [3.63, 3.8) is 0 Å². The molecule has 22 heavy (non-hydrogen) atoms. The third-order valence-corrected chi connectivity index (χ3v) is 2.90. The Morgan fingerprint density at radius 1 is 1.05 bits per heavy atom. The summed E-state index contributed by atoms with van der Waals surface area (Å²) in [5, 5.41) is 9.27. The highest BCUT2D eigenvalue weighted by atomic mass is 16.6. The zero-order valence-corrected chi connectivity index (χ0v) is 14.3. The van der Waals surface area contributed by atoms with E-state index < -0.39 is 0 Å². The molecule has 0 aliphatic carbocycles. The molecule has 7 nitrogen and oxygen atoms in total. The van der Waals surface area contributed by atoms with Crippen LogP contribution >= 0.6 is 0 Å². The SMILES string of the molecule is COCC(C)(C)CC(=O)NCCC(=O)NCC/C(C)=N/OC. The molecule has 0 aromatic carbocycles. The van der Waals surface area contributed by atoms with E-state index in [9.17, 15) is 9.59 Å². The minimum Gasteiger partial charge on any atom is -0.399 e. The van der Waals surface area contributed by atoms with Crippen LogP contribution in [0.2, 0.25) is 0 Å². The van der Waals surface area contributed by atoms with Gasteiger partial charge in [-0.1, -0.05) is 19.0 Å². The molecule has 2 amide bonds. The van der Waals surface area contributed by atoms with Gasteiger partial charge < -0.3 is 20.2 Å². The third kappa shape index (κ3) is 11.1. The van der Waals surface area contributed by atoms with Crippen LogP contribution in [0, 0.1) is 5.41 Å². The zero-order chi connectivity index (χ0) is 17.0. The number of rotatable bonds is 11. The monoisotopic (exact) mass is 315 g/mol. The Hall–Kier alpha value is -1.63. The summed E-state index contributed by atoms with van der Waals surface area (Å²) in [5.74, 6) is -0.167. The first-order valence-corrected chi connectivity index (χ1v) is 7.39. The Bertz CT molecular complexity index is 381. The van der Waals surface area contributed by atoms with E-state index in [2.05, 4.69) is 20.6 Å². The number of carbonyl (C=O) groups excluding carboxylic acids is 2. The Morgan fingerprint density at radius 2 is 1.64 bits per heavy atom. The fraction of sp³-hybridized carbons (Fsp3) is 0.800. The smallest absolute Gasteiger partial charge is 0.221 e. The van der Waals surface area contributed by atoms with Crippen LogP contribution in [0.25, 0.3) is 0 Å². The lowest BCUT2D eigenvalue weighted by molar-refractivity contribution is -0.124. The van der Waals surface area contributed by atoms with E-state index in [1.165, 1.54) is 7.11 Å². The van der Waals surface area contributed by atoms with Crippen LogP contribution in [-0.4, -0.2) is 51.4 Å². The summed E-state index contributed by atoms with van der Waals surface area (Å²) in [5.41, 5.74) is 0.607. The number of hydrogen-bond acceptors (Lipinski definition) is 5. The van der Waals surface area contributed by atoms with E-state index in [0.29, 0.717) is 32.5 Å². The maximum atomic E-state index is 11.8. The first-order chi connectivity index (χ1) is 10.3. The van der Waals surface area contributed by atoms with Crippen molar-refractivity contribution in [3.05, 3.63) is 0 Å². The summed E-state index contributed by atoms with van der Waals surface area (Å²) in [6, 6.07) is 0. The molecule has 0 saturated heterocycles. The largest absolute Gasteiger partial charge is 0.399 e. The molecule has 0 unspecified atom stereocenters. The van der Waals surface area contributed by atoms with Gasteiger partial charge in [-0.25, -0.2) is 0 Å². The number of carbonyl (C=O) groups is 2. The van der Waals surface area contributed by atoms with Gasteiger partial charge in [0.1, 0.15) is 7.11 Å². The van der Waals surface area contributed by atoms with Crippen molar-refractivity contribution in [1.82, 2.24) is 10.6 Å². The number of hydrogen-bond donors (Lipinski definition) is 2. The van der Waals surface area contributed by atoms with E-state index in [-0.39, 0.29) is 23.7 Å². The average molecular weight is 315 g/mol. The molecule has 0 atom stereocenters. The summed E-state index contributed by atoms with van der Waals surface area (Å²) in [6.07, 6.45) is 1.27. The maximum Gasteiger partial charge on any atom is 0.221 e. The minimum atomic E-state index is -0.209. The fourth-order valence-corrected chi connectivity index (χ4v) is 1.93. The van der Waals surface area contributed by atoms with Crippen LogP contribution in [0.3, 0.4) is 0 Å². The van der Waals surface area contributed by atoms with E-state index in [1.54, 1.807) is 7.11 Å². The van der Waals surface area contributed by atoms with Gasteiger partial charge in [0.2, 0.25) is 11.8 Å². The molecule has 0 radical (unpaired) electrons. The van der Waals surface area contributed by atoms with Crippen LogP contribution in [0.5, 0.6) is 0 Å². The van der Waals surface area contributed by atoms with Crippen LogP contribution in [0.15, 0.2) is 5.16 Å². The number of oxime groups is 1. The lowest BCUT2D eigenvalue weighted by atomic mass is 9.90. The standard InChI is InChI=1S/C15H29N3O4/c1-12(18-22-5)6-8-16-13(19)7-9-17-14(20)10-15(2,3)11-21-4/h6-11H2,1-5H3,(H,16,19)(H,17,20)/b18-12+. The van der Waals surface area contributed by atoms with E-state index >= 15 is 0 Å². The van der Waals surface area contributed by atoms with Gasteiger partial charge in [-0.2, -0.15) is 0 Å². The molecule has 0 fully saturated rings. The fourth-order valence-electron chi connectivity index (χ4n) is 1.93. The van der Waals surface area contributed by atoms with Gasteiger partial charge in [-0.15, -0.1) is 0 Å². The number of ether oxygens (including phenoxy) is 1. The second-order valence-electron chi connectivity index (χ2n) is 5.98. The second-order valence-corrected chi connectivity index (χ2v) is 5.98. The van der Waals surface area contributed by atoms with Gasteiger partial charge in [0.05, 0.1) is 12.3 Å². The van der Waals surface area contributed by atoms with Gasteiger partial charge in [0, 0.05) is 39.5 Å². The maximum absolute atomic E-state index is 11.8. The highest BCUT2D eigenvalue weighted by molar-refractivity contribution is 5.83. The lowest BCUT2D eigenvalue weighted by Gasteiger charge is -2.22. The average Bonchev–Trinajstić information content (AvgIpc) is 2.38. The topological polar surface area (TPSA) is 89.0 Å². The van der Waals surface area contributed by atoms with Crippen LogP contribution < -0.4 is 10.6 Å². The number of methoxy groups -OCH3 is 1. The summed E-state index contributed by atoms with van der Waals surface area (Å²) in [7, 11) is 3.10. The van der Waals surface area contributed by atoms with Crippen molar-refractivity contribution in [2.24, 2.45) is 10.6 Å². The molecule has 2 N–H and O–H groups in total. The van der Waals surface area contributed by atoms with Gasteiger partial charge in [-0.05, 0) is 12.3 Å². The Labute approximate surface area is 132 Å². The summed E-state index contributed by atoms with van der Waals surface area (Å²) < 4.78 is 5.07. The highest BCUT2D eigenvalue weighted by Gasteiger charge is 2.21. The molecule has 0 spiro atoms. The number of amides is 2. The van der Waals surface area contributed by atoms with E-state index in [1.807, 2.05) is 20.8 Å². The molecule has 7 heteroatoms. The Kier molecular flexibility index (Phi) is 10.2. The van der Waals surface area contributed by atoms with Crippen molar-refractivity contribution >= 4 is 17.5 Å². The molecule has 128 valence electrons. The third-order valence-electron chi connectivity index (χ3n) is 2.90. The predicted octanol–water partition coefficient (Wildman–Crippen LogP) is 1.08. The molecule has 0 aliphatic rings. The van der Waals surface area contributed by atoms with Crippen molar-refractivity contribution in [2.45, 2.75) is 40.0 Å². The van der Waals surface area contributed by atoms with Gasteiger partial charge in [0.25, 0.3) is 0 Å². The predicted molar refractivity (Wildman–Crippen MR) is 85.6 cm³/mol. The molecule has 0 aromatic heterocycles. The number of nitrogens with one attached hydrogen (secondary N) is 2.